The van der Waals surface area contributed by atoms with Crippen molar-refractivity contribution in [2.45, 2.75) is 6.04 Å². The lowest BCUT2D eigenvalue weighted by molar-refractivity contribution is 0.0170. The number of hydrogen-bond donors (Lipinski definition) is 2. The van der Waals surface area contributed by atoms with Gasteiger partial charge in [0.1, 0.15) is 5.75 Å². The Labute approximate surface area is 159 Å². The molecule has 1 atom stereocenters. The third-order valence-corrected chi connectivity index (χ3v) is 4.61. The largest absolute Gasteiger partial charge is 0.497 e. The van der Waals surface area contributed by atoms with Gasteiger partial charge in [-0.2, -0.15) is 0 Å². The summed E-state index contributed by atoms with van der Waals surface area (Å²) in [5.41, 5.74) is 2.10. The molecule has 138 valence electrons. The van der Waals surface area contributed by atoms with E-state index in [1.165, 1.54) is 5.56 Å². The molecule has 0 bridgehead atoms. The highest BCUT2D eigenvalue weighted by atomic mass is 32.1. The number of anilines is 1. The Morgan fingerprint density at radius 3 is 2.69 bits per heavy atom. The maximum absolute atomic E-state index is 5.48. The van der Waals surface area contributed by atoms with Crippen LogP contribution in [0, 0.1) is 0 Å². The van der Waals surface area contributed by atoms with Crippen LogP contribution in [-0.4, -0.2) is 55.0 Å². The van der Waals surface area contributed by atoms with Crippen LogP contribution < -0.4 is 15.4 Å². The molecule has 2 N–H and O–H groups in total. The van der Waals surface area contributed by atoms with E-state index in [9.17, 15) is 0 Å². The van der Waals surface area contributed by atoms with Crippen LogP contribution in [0.15, 0.2) is 48.8 Å². The van der Waals surface area contributed by atoms with Crippen LogP contribution in [0.4, 0.5) is 5.69 Å². The summed E-state index contributed by atoms with van der Waals surface area (Å²) in [5.74, 6) is 0.818. The van der Waals surface area contributed by atoms with Crippen molar-refractivity contribution >= 4 is 23.0 Å². The SMILES string of the molecule is COc1ccc(NC(=S)NC[C@H](c2cccnc2)N2CCOCC2)cc1. The monoisotopic (exact) mass is 372 g/mol. The molecule has 1 aromatic heterocycles. The minimum absolute atomic E-state index is 0.197. The molecular weight excluding hydrogens is 348 g/mol. The van der Waals surface area contributed by atoms with Gasteiger partial charge in [0.25, 0.3) is 0 Å². The quantitative estimate of drug-likeness (QED) is 0.756. The Morgan fingerprint density at radius 1 is 1.27 bits per heavy atom. The topological polar surface area (TPSA) is 58.7 Å². The second-order valence-electron chi connectivity index (χ2n) is 6.01. The van der Waals surface area contributed by atoms with Gasteiger partial charge < -0.3 is 20.1 Å². The number of ether oxygens (including phenoxy) is 2. The molecule has 1 aromatic carbocycles. The van der Waals surface area contributed by atoms with Crippen molar-refractivity contribution in [3.63, 3.8) is 0 Å². The average molecular weight is 372 g/mol. The Bertz CT molecular complexity index is 690. The average Bonchev–Trinajstić information content (AvgIpc) is 2.70. The molecule has 7 heteroatoms. The van der Waals surface area contributed by atoms with Crippen molar-refractivity contribution in [3.05, 3.63) is 54.4 Å². The number of nitrogens with one attached hydrogen (secondary N) is 2. The normalized spacial score (nSPS) is 15.9. The van der Waals surface area contributed by atoms with Crippen LogP contribution in [0.2, 0.25) is 0 Å². The predicted molar refractivity (Wildman–Crippen MR) is 107 cm³/mol. The zero-order chi connectivity index (χ0) is 18.2. The summed E-state index contributed by atoms with van der Waals surface area (Å²) in [5, 5.41) is 7.14. The summed E-state index contributed by atoms with van der Waals surface area (Å²) in [6, 6.07) is 11.9. The molecule has 2 heterocycles. The number of nitrogens with zero attached hydrogens (tertiary/aromatic N) is 2. The number of rotatable bonds is 6. The van der Waals surface area contributed by atoms with Crippen LogP contribution >= 0.6 is 12.2 Å². The molecule has 1 aliphatic heterocycles. The van der Waals surface area contributed by atoms with E-state index in [2.05, 4.69) is 26.6 Å². The fourth-order valence-electron chi connectivity index (χ4n) is 2.96. The van der Waals surface area contributed by atoms with Gasteiger partial charge in [-0.1, -0.05) is 6.07 Å². The van der Waals surface area contributed by atoms with Crippen LogP contribution in [0.25, 0.3) is 0 Å². The Kier molecular flexibility index (Phi) is 6.76. The van der Waals surface area contributed by atoms with Crippen LogP contribution in [0.5, 0.6) is 5.75 Å². The zero-order valence-corrected chi connectivity index (χ0v) is 15.7. The van der Waals surface area contributed by atoms with E-state index in [1.54, 1.807) is 13.3 Å². The fourth-order valence-corrected chi connectivity index (χ4v) is 3.16. The van der Waals surface area contributed by atoms with Gasteiger partial charge >= 0.3 is 0 Å². The third kappa shape index (κ3) is 5.14. The standard InChI is InChI=1S/C19H24N4O2S/c1-24-17-6-4-16(5-7-17)22-19(26)21-14-18(15-3-2-8-20-13-15)23-9-11-25-12-10-23/h2-8,13,18H,9-12,14H2,1H3,(H2,21,22,26)/t18-/m1/s1. The van der Waals surface area contributed by atoms with Gasteiger partial charge in [0.2, 0.25) is 0 Å². The summed E-state index contributed by atoms with van der Waals surface area (Å²) in [6.45, 7) is 4.02. The van der Waals surface area contributed by atoms with Gasteiger partial charge in [0, 0.05) is 37.7 Å². The first kappa shape index (κ1) is 18.6. The van der Waals surface area contributed by atoms with Gasteiger partial charge in [-0.15, -0.1) is 0 Å². The molecule has 1 saturated heterocycles. The van der Waals surface area contributed by atoms with E-state index in [1.807, 2.05) is 36.5 Å². The van der Waals surface area contributed by atoms with Crippen molar-refractivity contribution in [3.8, 4) is 5.75 Å². The molecule has 0 unspecified atom stereocenters. The smallest absolute Gasteiger partial charge is 0.170 e. The lowest BCUT2D eigenvalue weighted by Crippen LogP contribution is -2.44. The van der Waals surface area contributed by atoms with E-state index in [-0.39, 0.29) is 6.04 Å². The third-order valence-electron chi connectivity index (χ3n) is 4.36. The second kappa shape index (κ2) is 9.47. The summed E-state index contributed by atoms with van der Waals surface area (Å²) >= 11 is 5.45. The Balaban J connectivity index is 1.60. The number of aromatic nitrogens is 1. The number of morpholine rings is 1. The Hall–Kier alpha value is -2.22. The molecule has 2 aromatic rings. The molecule has 3 rings (SSSR count). The molecule has 0 spiro atoms. The summed E-state index contributed by atoms with van der Waals surface area (Å²) in [7, 11) is 1.65. The molecule has 26 heavy (non-hydrogen) atoms. The highest BCUT2D eigenvalue weighted by molar-refractivity contribution is 7.80. The van der Waals surface area contributed by atoms with Gasteiger partial charge in [0.05, 0.1) is 26.4 Å². The van der Waals surface area contributed by atoms with Crippen molar-refractivity contribution in [2.75, 3.05) is 45.3 Å². The van der Waals surface area contributed by atoms with E-state index < -0.39 is 0 Å². The molecule has 1 aliphatic rings. The lowest BCUT2D eigenvalue weighted by atomic mass is 10.1. The highest BCUT2D eigenvalue weighted by Gasteiger charge is 2.22. The van der Waals surface area contributed by atoms with Crippen LogP contribution in [0.3, 0.4) is 0 Å². The molecule has 6 nitrogen and oxygen atoms in total. The number of pyridine rings is 1. The summed E-state index contributed by atoms with van der Waals surface area (Å²) < 4.78 is 10.7. The maximum Gasteiger partial charge on any atom is 0.170 e. The van der Waals surface area contributed by atoms with Crippen molar-refractivity contribution in [1.29, 1.82) is 0 Å². The minimum atomic E-state index is 0.197. The van der Waals surface area contributed by atoms with Crippen molar-refractivity contribution in [2.24, 2.45) is 0 Å². The fraction of sp³-hybridized carbons (Fsp3) is 0.368. The van der Waals surface area contributed by atoms with E-state index in [0.29, 0.717) is 11.7 Å². The van der Waals surface area contributed by atoms with Gasteiger partial charge in [-0.05, 0) is 48.1 Å². The molecule has 0 saturated carbocycles. The minimum Gasteiger partial charge on any atom is -0.497 e. The number of methoxy groups -OCH3 is 1. The van der Waals surface area contributed by atoms with Gasteiger partial charge in [-0.3, -0.25) is 9.88 Å². The van der Waals surface area contributed by atoms with E-state index in [4.69, 9.17) is 21.7 Å². The number of benzene rings is 1. The van der Waals surface area contributed by atoms with Gasteiger partial charge in [0.15, 0.2) is 5.11 Å². The number of thiocarbonyl (C=S) groups is 1. The van der Waals surface area contributed by atoms with Crippen LogP contribution in [0.1, 0.15) is 11.6 Å². The van der Waals surface area contributed by atoms with E-state index in [0.717, 1.165) is 37.7 Å². The predicted octanol–water partition coefficient (Wildman–Crippen LogP) is 2.45. The van der Waals surface area contributed by atoms with Crippen molar-refractivity contribution < 1.29 is 9.47 Å². The van der Waals surface area contributed by atoms with Crippen LogP contribution in [-0.2, 0) is 4.74 Å². The van der Waals surface area contributed by atoms with Crippen molar-refractivity contribution in [1.82, 2.24) is 15.2 Å². The molecule has 0 amide bonds. The Morgan fingerprint density at radius 2 is 2.04 bits per heavy atom. The summed E-state index contributed by atoms with van der Waals surface area (Å²) in [6.07, 6.45) is 3.71. The molecular formula is C19H24N4O2S. The van der Waals surface area contributed by atoms with E-state index >= 15 is 0 Å². The highest BCUT2D eigenvalue weighted by Crippen LogP contribution is 2.20. The molecule has 0 radical (unpaired) electrons. The first-order valence-electron chi connectivity index (χ1n) is 8.67. The first-order valence-corrected chi connectivity index (χ1v) is 9.08. The maximum atomic E-state index is 5.48. The second-order valence-corrected chi connectivity index (χ2v) is 6.42. The number of hydrogen-bond acceptors (Lipinski definition) is 5. The lowest BCUT2D eigenvalue weighted by Gasteiger charge is -2.35. The molecule has 0 aliphatic carbocycles. The molecule has 1 fully saturated rings. The van der Waals surface area contributed by atoms with Gasteiger partial charge in [-0.25, -0.2) is 0 Å². The first-order chi connectivity index (χ1) is 12.8. The zero-order valence-electron chi connectivity index (χ0n) is 14.9. The summed E-state index contributed by atoms with van der Waals surface area (Å²) in [4.78, 5) is 6.67.